The molecule has 2 aliphatic heterocycles. The Bertz CT molecular complexity index is 733. The largest absolute Gasteiger partial charge is 0.336 e. The van der Waals surface area contributed by atoms with Gasteiger partial charge in [-0.25, -0.2) is 8.78 Å². The highest BCUT2D eigenvalue weighted by Gasteiger charge is 2.43. The second kappa shape index (κ2) is 6.00. The normalized spacial score (nSPS) is 25.9. The van der Waals surface area contributed by atoms with Gasteiger partial charge in [0.1, 0.15) is 11.6 Å². The predicted octanol–water partition coefficient (Wildman–Crippen LogP) is 3.10. The van der Waals surface area contributed by atoms with Gasteiger partial charge in [-0.3, -0.25) is 9.48 Å². The Hall–Kier alpha value is -2.24. The number of hydrogen-bond acceptors (Lipinski definition) is 2. The Morgan fingerprint density at radius 2 is 1.92 bits per heavy atom. The lowest BCUT2D eigenvalue weighted by molar-refractivity contribution is -0.135. The Morgan fingerprint density at radius 1 is 1.17 bits per heavy atom. The zero-order valence-electron chi connectivity index (χ0n) is 13.2. The van der Waals surface area contributed by atoms with Crippen molar-refractivity contribution in [3.8, 4) is 0 Å². The van der Waals surface area contributed by atoms with Crippen LogP contribution < -0.4 is 0 Å². The van der Waals surface area contributed by atoms with Gasteiger partial charge < -0.3 is 4.90 Å². The molecule has 2 unspecified atom stereocenters. The molecule has 0 spiro atoms. The summed E-state index contributed by atoms with van der Waals surface area (Å²) in [4.78, 5) is 14.6. The van der Waals surface area contributed by atoms with Crippen LogP contribution in [0.4, 0.5) is 8.78 Å². The summed E-state index contributed by atoms with van der Waals surface area (Å²) in [5, 5.41) is 4.32. The molecule has 24 heavy (non-hydrogen) atoms. The van der Waals surface area contributed by atoms with Crippen molar-refractivity contribution in [1.82, 2.24) is 14.7 Å². The van der Waals surface area contributed by atoms with E-state index in [1.807, 2.05) is 21.8 Å². The van der Waals surface area contributed by atoms with E-state index in [4.69, 9.17) is 0 Å². The van der Waals surface area contributed by atoms with Gasteiger partial charge in [0.05, 0.1) is 12.5 Å². The molecule has 0 aliphatic carbocycles. The quantitative estimate of drug-likeness (QED) is 0.867. The number of carbonyl (C=O) groups excluding carboxylic acids is 1. The highest BCUT2D eigenvalue weighted by Crippen LogP contribution is 2.40. The van der Waals surface area contributed by atoms with Crippen molar-refractivity contribution in [2.75, 3.05) is 0 Å². The van der Waals surface area contributed by atoms with Gasteiger partial charge in [0, 0.05) is 30.5 Å². The molecule has 126 valence electrons. The Kier molecular flexibility index (Phi) is 3.82. The number of halogens is 2. The Labute approximate surface area is 139 Å². The van der Waals surface area contributed by atoms with E-state index in [9.17, 15) is 13.6 Å². The lowest BCUT2D eigenvalue weighted by Crippen LogP contribution is -2.47. The number of benzene rings is 1. The molecule has 4 nitrogen and oxygen atoms in total. The zero-order valence-corrected chi connectivity index (χ0v) is 13.2. The van der Waals surface area contributed by atoms with Gasteiger partial charge in [-0.2, -0.15) is 5.10 Å². The van der Waals surface area contributed by atoms with E-state index in [1.165, 1.54) is 12.1 Å². The van der Waals surface area contributed by atoms with Crippen LogP contribution in [0.3, 0.4) is 0 Å². The summed E-state index contributed by atoms with van der Waals surface area (Å²) in [5.74, 6) is -1.34. The van der Waals surface area contributed by atoms with Crippen LogP contribution in [-0.2, 0) is 11.2 Å². The van der Waals surface area contributed by atoms with Crippen LogP contribution in [0.15, 0.2) is 36.7 Å². The highest BCUT2D eigenvalue weighted by molar-refractivity contribution is 5.80. The average molecular weight is 331 g/mol. The van der Waals surface area contributed by atoms with Crippen molar-refractivity contribution < 1.29 is 13.6 Å². The molecular formula is C18H19F2N3O. The van der Waals surface area contributed by atoms with E-state index in [0.717, 1.165) is 31.7 Å². The molecule has 0 saturated carbocycles. The molecule has 1 aromatic carbocycles. The van der Waals surface area contributed by atoms with Crippen molar-refractivity contribution in [2.24, 2.45) is 0 Å². The summed E-state index contributed by atoms with van der Waals surface area (Å²) in [6.07, 6.45) is 7.48. The average Bonchev–Trinajstić information content (AvgIpc) is 3.17. The molecule has 2 aromatic rings. The SMILES string of the molecule is O=C(Cc1ccc(F)cc1F)N1C2CCC1CC(n1cccn1)C2. The molecule has 2 saturated heterocycles. The predicted molar refractivity (Wildman–Crippen MR) is 84.2 cm³/mol. The molecule has 3 heterocycles. The summed E-state index contributed by atoms with van der Waals surface area (Å²) in [7, 11) is 0. The smallest absolute Gasteiger partial charge is 0.227 e. The maximum Gasteiger partial charge on any atom is 0.227 e. The van der Waals surface area contributed by atoms with Crippen LogP contribution in [0, 0.1) is 11.6 Å². The third-order valence-corrected chi connectivity index (χ3v) is 5.25. The number of amides is 1. The molecule has 0 N–H and O–H groups in total. The highest BCUT2D eigenvalue weighted by atomic mass is 19.1. The number of rotatable bonds is 3. The molecular weight excluding hydrogens is 312 g/mol. The molecule has 6 heteroatoms. The third kappa shape index (κ3) is 2.70. The van der Waals surface area contributed by atoms with Gasteiger partial charge in [0.25, 0.3) is 0 Å². The first-order valence-corrected chi connectivity index (χ1v) is 8.36. The van der Waals surface area contributed by atoms with Crippen molar-refractivity contribution in [2.45, 2.75) is 50.2 Å². The van der Waals surface area contributed by atoms with Crippen molar-refractivity contribution in [3.05, 3.63) is 53.9 Å². The third-order valence-electron chi connectivity index (χ3n) is 5.25. The zero-order chi connectivity index (χ0) is 16.7. The van der Waals surface area contributed by atoms with Gasteiger partial charge >= 0.3 is 0 Å². The van der Waals surface area contributed by atoms with E-state index in [1.54, 1.807) is 6.20 Å². The summed E-state index contributed by atoms with van der Waals surface area (Å²) >= 11 is 0. The summed E-state index contributed by atoms with van der Waals surface area (Å²) < 4.78 is 28.8. The monoisotopic (exact) mass is 331 g/mol. The first kappa shape index (κ1) is 15.3. The minimum Gasteiger partial charge on any atom is -0.336 e. The molecule has 2 atom stereocenters. The molecule has 2 bridgehead atoms. The van der Waals surface area contributed by atoms with Crippen molar-refractivity contribution in [1.29, 1.82) is 0 Å². The maximum atomic E-state index is 13.8. The fourth-order valence-corrected chi connectivity index (χ4v) is 4.19. The Balaban J connectivity index is 1.48. The van der Waals surface area contributed by atoms with Crippen molar-refractivity contribution in [3.63, 3.8) is 0 Å². The van der Waals surface area contributed by atoms with Gasteiger partial charge in [0.15, 0.2) is 0 Å². The van der Waals surface area contributed by atoms with Gasteiger partial charge in [-0.05, 0) is 43.4 Å². The van der Waals surface area contributed by atoms with Crippen LogP contribution in [0.5, 0.6) is 0 Å². The van der Waals surface area contributed by atoms with E-state index in [-0.39, 0.29) is 30.0 Å². The van der Waals surface area contributed by atoms with Gasteiger partial charge in [0.2, 0.25) is 5.91 Å². The van der Waals surface area contributed by atoms with Crippen LogP contribution in [0.25, 0.3) is 0 Å². The molecule has 1 amide bonds. The molecule has 2 fully saturated rings. The van der Waals surface area contributed by atoms with Gasteiger partial charge in [-0.15, -0.1) is 0 Å². The molecule has 1 aromatic heterocycles. The number of piperidine rings is 1. The second-order valence-corrected chi connectivity index (χ2v) is 6.71. The fourth-order valence-electron chi connectivity index (χ4n) is 4.19. The van der Waals surface area contributed by atoms with Crippen LogP contribution in [-0.4, -0.2) is 32.7 Å². The van der Waals surface area contributed by atoms with E-state index in [0.29, 0.717) is 6.04 Å². The maximum absolute atomic E-state index is 13.8. The molecule has 4 rings (SSSR count). The minimum absolute atomic E-state index is 0.00838. The second-order valence-electron chi connectivity index (χ2n) is 6.71. The van der Waals surface area contributed by atoms with Crippen LogP contribution in [0.2, 0.25) is 0 Å². The van der Waals surface area contributed by atoms with E-state index in [2.05, 4.69) is 5.10 Å². The lowest BCUT2D eigenvalue weighted by atomic mass is 9.96. The molecule has 0 radical (unpaired) electrons. The Morgan fingerprint density at radius 3 is 2.54 bits per heavy atom. The van der Waals surface area contributed by atoms with Crippen molar-refractivity contribution >= 4 is 5.91 Å². The number of carbonyl (C=O) groups is 1. The van der Waals surface area contributed by atoms with Crippen LogP contribution >= 0.6 is 0 Å². The summed E-state index contributed by atoms with van der Waals surface area (Å²) in [6.45, 7) is 0. The van der Waals surface area contributed by atoms with Crippen LogP contribution in [0.1, 0.15) is 37.3 Å². The first-order chi connectivity index (χ1) is 11.6. The summed E-state index contributed by atoms with van der Waals surface area (Å²) in [5.41, 5.74) is 0.259. The number of hydrogen-bond donors (Lipinski definition) is 0. The van der Waals surface area contributed by atoms with E-state index >= 15 is 0 Å². The first-order valence-electron chi connectivity index (χ1n) is 8.36. The number of fused-ring (bicyclic) bond motifs is 2. The number of aromatic nitrogens is 2. The topological polar surface area (TPSA) is 38.1 Å². The molecule has 2 aliphatic rings. The van der Waals surface area contributed by atoms with Gasteiger partial charge in [-0.1, -0.05) is 6.07 Å². The number of nitrogens with zero attached hydrogens (tertiary/aromatic N) is 3. The van der Waals surface area contributed by atoms with E-state index < -0.39 is 11.6 Å². The summed E-state index contributed by atoms with van der Waals surface area (Å²) in [6, 6.07) is 6.01. The fraction of sp³-hybridized carbons (Fsp3) is 0.444. The lowest BCUT2D eigenvalue weighted by Gasteiger charge is -2.39. The minimum atomic E-state index is -0.651. The standard InChI is InChI=1S/C18H19F2N3O/c19-13-3-2-12(17(20)9-13)8-18(24)23-14-4-5-15(23)11-16(10-14)22-7-1-6-21-22/h1-3,6-7,9,14-16H,4-5,8,10-11H2.